The molecule has 2 aromatic rings. The van der Waals surface area contributed by atoms with Gasteiger partial charge in [-0.15, -0.1) is 0 Å². The predicted octanol–water partition coefficient (Wildman–Crippen LogP) is 3.53. The molecule has 3 rings (SSSR count). The van der Waals surface area contributed by atoms with Gasteiger partial charge in [-0.05, 0) is 34.6 Å². The van der Waals surface area contributed by atoms with E-state index in [0.29, 0.717) is 6.42 Å². The number of carboxylic acid groups (broad SMARTS) is 1. The highest BCUT2D eigenvalue weighted by Gasteiger charge is 2.30. The largest absolute Gasteiger partial charge is 0.481 e. The number of carbonyl (C=O) groups excluding carboxylic acids is 2. The number of nitrogens with one attached hydrogen (secondary N) is 2. The van der Waals surface area contributed by atoms with Crippen LogP contribution in [0, 0.1) is 5.92 Å². The fraction of sp³-hybridized carbons (Fsp3) is 0.375. The molecule has 1 aliphatic rings. The molecule has 1 unspecified atom stereocenters. The van der Waals surface area contributed by atoms with E-state index in [9.17, 15) is 14.4 Å². The quantitative estimate of drug-likeness (QED) is 0.534. The Morgan fingerprint density at radius 3 is 2.13 bits per heavy atom. The first-order valence-electron chi connectivity index (χ1n) is 10.5. The molecule has 0 saturated heterocycles. The standard InChI is InChI=1S/C24H28N2O5/c1-15(2)22(23(29)25-13-7-12-21(27)28)26-24(30)31-14-20-18-10-5-3-8-16(18)17-9-4-6-11-19(17)20/h3-6,8-11,15,20,22H,7,12-14H2,1-2H3,(H,25,29)(H,26,30)(H,27,28). The van der Waals surface area contributed by atoms with Crippen molar-refractivity contribution < 1.29 is 24.2 Å². The third kappa shape index (κ3) is 5.42. The maximum atomic E-state index is 12.5. The van der Waals surface area contributed by atoms with Crippen LogP contribution in [0.25, 0.3) is 11.1 Å². The van der Waals surface area contributed by atoms with E-state index in [2.05, 4.69) is 22.8 Å². The fourth-order valence-corrected chi connectivity index (χ4v) is 3.86. The molecule has 0 aliphatic heterocycles. The maximum absolute atomic E-state index is 12.5. The normalized spacial score (nSPS) is 13.3. The molecule has 1 aliphatic carbocycles. The van der Waals surface area contributed by atoms with E-state index in [1.165, 1.54) is 0 Å². The summed E-state index contributed by atoms with van der Waals surface area (Å²) in [7, 11) is 0. The highest BCUT2D eigenvalue weighted by Crippen LogP contribution is 2.44. The molecular weight excluding hydrogens is 396 g/mol. The van der Waals surface area contributed by atoms with Crippen molar-refractivity contribution in [1.82, 2.24) is 10.6 Å². The van der Waals surface area contributed by atoms with E-state index in [-0.39, 0.29) is 37.3 Å². The first-order chi connectivity index (χ1) is 14.9. The van der Waals surface area contributed by atoms with E-state index in [0.717, 1.165) is 22.3 Å². The lowest BCUT2D eigenvalue weighted by atomic mass is 9.98. The number of fused-ring (bicyclic) bond motifs is 3. The number of hydrogen-bond acceptors (Lipinski definition) is 4. The van der Waals surface area contributed by atoms with Crippen molar-refractivity contribution in [1.29, 1.82) is 0 Å². The van der Waals surface area contributed by atoms with Crippen LogP contribution in [0.5, 0.6) is 0 Å². The predicted molar refractivity (Wildman–Crippen MR) is 117 cm³/mol. The SMILES string of the molecule is CC(C)C(NC(=O)OCC1c2ccccc2-c2ccccc21)C(=O)NCCCC(=O)O. The van der Waals surface area contributed by atoms with Gasteiger partial charge in [0.25, 0.3) is 0 Å². The summed E-state index contributed by atoms with van der Waals surface area (Å²) in [5.74, 6) is -1.47. The lowest BCUT2D eigenvalue weighted by Crippen LogP contribution is -2.50. The van der Waals surface area contributed by atoms with E-state index < -0.39 is 18.1 Å². The average molecular weight is 424 g/mol. The van der Waals surface area contributed by atoms with Crippen molar-refractivity contribution in [2.45, 2.75) is 38.6 Å². The molecule has 7 heteroatoms. The number of alkyl carbamates (subject to hydrolysis) is 1. The Morgan fingerprint density at radius 1 is 1.00 bits per heavy atom. The zero-order valence-corrected chi connectivity index (χ0v) is 17.8. The Hall–Kier alpha value is -3.35. The van der Waals surface area contributed by atoms with Crippen molar-refractivity contribution in [2.24, 2.45) is 5.92 Å². The molecule has 0 radical (unpaired) electrons. The fourth-order valence-electron chi connectivity index (χ4n) is 3.86. The summed E-state index contributed by atoms with van der Waals surface area (Å²) >= 11 is 0. The number of amides is 2. The monoisotopic (exact) mass is 424 g/mol. The Morgan fingerprint density at radius 2 is 1.58 bits per heavy atom. The van der Waals surface area contributed by atoms with Gasteiger partial charge < -0.3 is 20.5 Å². The number of aliphatic carboxylic acids is 1. The second-order valence-electron chi connectivity index (χ2n) is 7.98. The zero-order valence-electron chi connectivity index (χ0n) is 17.8. The minimum absolute atomic E-state index is 0.0214. The summed E-state index contributed by atoms with van der Waals surface area (Å²) in [6.45, 7) is 4.06. The molecular formula is C24H28N2O5. The number of carbonyl (C=O) groups is 3. The molecule has 0 fully saturated rings. The van der Waals surface area contributed by atoms with Crippen molar-refractivity contribution in [3.05, 3.63) is 59.7 Å². The van der Waals surface area contributed by atoms with Gasteiger partial charge in [0, 0.05) is 18.9 Å². The third-order valence-corrected chi connectivity index (χ3v) is 5.43. The Labute approximate surface area is 181 Å². The van der Waals surface area contributed by atoms with Crippen LogP contribution in [0.4, 0.5) is 4.79 Å². The van der Waals surface area contributed by atoms with Crippen molar-refractivity contribution >= 4 is 18.0 Å². The van der Waals surface area contributed by atoms with Crippen LogP contribution >= 0.6 is 0 Å². The van der Waals surface area contributed by atoms with Gasteiger partial charge in [0.1, 0.15) is 12.6 Å². The number of benzene rings is 2. The number of carboxylic acids is 1. The first-order valence-corrected chi connectivity index (χ1v) is 10.5. The Bertz CT molecular complexity index is 911. The van der Waals surface area contributed by atoms with Crippen molar-refractivity contribution in [3.63, 3.8) is 0 Å². The molecule has 164 valence electrons. The van der Waals surface area contributed by atoms with Gasteiger partial charge >= 0.3 is 12.1 Å². The van der Waals surface area contributed by atoms with E-state index in [1.807, 2.05) is 50.2 Å². The summed E-state index contributed by atoms with van der Waals surface area (Å²) < 4.78 is 5.52. The molecule has 31 heavy (non-hydrogen) atoms. The Balaban J connectivity index is 1.58. The van der Waals surface area contributed by atoms with Gasteiger partial charge in [-0.2, -0.15) is 0 Å². The van der Waals surface area contributed by atoms with Gasteiger partial charge in [0.15, 0.2) is 0 Å². The summed E-state index contributed by atoms with van der Waals surface area (Å²) in [5.41, 5.74) is 4.53. The lowest BCUT2D eigenvalue weighted by Gasteiger charge is -2.22. The van der Waals surface area contributed by atoms with Crippen LogP contribution in [0.2, 0.25) is 0 Å². The van der Waals surface area contributed by atoms with Gasteiger partial charge in [0.05, 0.1) is 0 Å². The molecule has 0 bridgehead atoms. The average Bonchev–Trinajstić information content (AvgIpc) is 3.07. The number of hydrogen-bond donors (Lipinski definition) is 3. The van der Waals surface area contributed by atoms with Crippen LogP contribution in [0.1, 0.15) is 43.7 Å². The van der Waals surface area contributed by atoms with Crippen LogP contribution in [-0.4, -0.2) is 42.3 Å². The molecule has 0 spiro atoms. The maximum Gasteiger partial charge on any atom is 0.407 e. The summed E-state index contributed by atoms with van der Waals surface area (Å²) in [6, 6.07) is 15.4. The first kappa shape index (κ1) is 22.3. The molecule has 2 aromatic carbocycles. The van der Waals surface area contributed by atoms with Crippen LogP contribution in [-0.2, 0) is 14.3 Å². The van der Waals surface area contributed by atoms with Crippen LogP contribution in [0.15, 0.2) is 48.5 Å². The lowest BCUT2D eigenvalue weighted by molar-refractivity contribution is -0.137. The summed E-state index contributed by atoms with van der Waals surface area (Å²) in [5, 5.41) is 14.0. The highest BCUT2D eigenvalue weighted by molar-refractivity contribution is 5.86. The second-order valence-corrected chi connectivity index (χ2v) is 7.98. The van der Waals surface area contributed by atoms with Crippen LogP contribution in [0.3, 0.4) is 0 Å². The van der Waals surface area contributed by atoms with E-state index in [4.69, 9.17) is 9.84 Å². The van der Waals surface area contributed by atoms with E-state index >= 15 is 0 Å². The highest BCUT2D eigenvalue weighted by atomic mass is 16.5. The molecule has 2 amide bonds. The number of ether oxygens (including phenoxy) is 1. The van der Waals surface area contributed by atoms with Crippen LogP contribution < -0.4 is 10.6 Å². The smallest absolute Gasteiger partial charge is 0.407 e. The molecule has 1 atom stereocenters. The van der Waals surface area contributed by atoms with Gasteiger partial charge in [-0.1, -0.05) is 62.4 Å². The van der Waals surface area contributed by atoms with Gasteiger partial charge in [-0.25, -0.2) is 4.79 Å². The molecule has 0 saturated carbocycles. The van der Waals surface area contributed by atoms with Crippen molar-refractivity contribution in [2.75, 3.05) is 13.2 Å². The topological polar surface area (TPSA) is 105 Å². The summed E-state index contributed by atoms with van der Waals surface area (Å²) in [4.78, 5) is 35.5. The number of rotatable bonds is 9. The molecule has 7 nitrogen and oxygen atoms in total. The molecule has 0 heterocycles. The minimum atomic E-state index is -0.911. The van der Waals surface area contributed by atoms with Crippen molar-refractivity contribution in [3.8, 4) is 11.1 Å². The molecule has 3 N–H and O–H groups in total. The van der Waals surface area contributed by atoms with E-state index in [1.54, 1.807) is 0 Å². The second kappa shape index (κ2) is 10.1. The summed E-state index contributed by atoms with van der Waals surface area (Å²) in [6.07, 6.45) is -0.343. The Kier molecular flexibility index (Phi) is 7.28. The van der Waals surface area contributed by atoms with Gasteiger partial charge in [0.2, 0.25) is 5.91 Å². The minimum Gasteiger partial charge on any atom is -0.481 e. The molecule has 0 aromatic heterocycles. The third-order valence-electron chi connectivity index (χ3n) is 5.43. The van der Waals surface area contributed by atoms with Gasteiger partial charge in [-0.3, -0.25) is 9.59 Å². The zero-order chi connectivity index (χ0) is 22.4.